The fraction of sp³-hybridized carbons (Fsp3) is 0.364. The topological polar surface area (TPSA) is 58.2 Å². The van der Waals surface area contributed by atoms with Gasteiger partial charge in [0, 0.05) is 27.2 Å². The lowest BCUT2D eigenvalue weighted by atomic mass is 9.84. The first-order chi connectivity index (χ1) is 12.5. The minimum Gasteiger partial charge on any atom is -0.326 e. The number of halogens is 1. The molecule has 0 saturated carbocycles. The Kier molecular flexibility index (Phi) is 6.32. The Morgan fingerprint density at radius 1 is 0.852 bits per heavy atom. The summed E-state index contributed by atoms with van der Waals surface area (Å²) >= 11 is 5.92. The molecular formula is C22H27ClN2O2. The van der Waals surface area contributed by atoms with E-state index in [0.717, 1.165) is 5.56 Å². The summed E-state index contributed by atoms with van der Waals surface area (Å²) in [5.41, 5.74) is 1.27. The zero-order chi connectivity index (χ0) is 20.2. The predicted molar refractivity (Wildman–Crippen MR) is 112 cm³/mol. The van der Waals surface area contributed by atoms with E-state index in [4.69, 9.17) is 11.6 Å². The van der Waals surface area contributed by atoms with Crippen LogP contribution in [0.25, 0.3) is 0 Å². The number of nitrogens with one attached hydrogen (secondary N) is 2. The van der Waals surface area contributed by atoms with E-state index in [0.29, 0.717) is 22.8 Å². The van der Waals surface area contributed by atoms with Crippen LogP contribution in [0.3, 0.4) is 0 Å². The molecule has 0 radical (unpaired) electrons. The highest BCUT2D eigenvalue weighted by Crippen LogP contribution is 2.26. The van der Waals surface area contributed by atoms with Crippen molar-refractivity contribution < 1.29 is 9.59 Å². The SMILES string of the molecule is CC(C)(C)C(=O)Nc1cccc(NC(=O)C(C)(C)Cc2ccc(Cl)cc2)c1. The monoisotopic (exact) mass is 386 g/mol. The Bertz CT molecular complexity index is 821. The maximum Gasteiger partial charge on any atom is 0.230 e. The number of hydrogen-bond donors (Lipinski definition) is 2. The van der Waals surface area contributed by atoms with Crippen molar-refractivity contribution in [3.05, 3.63) is 59.1 Å². The van der Waals surface area contributed by atoms with Gasteiger partial charge in [-0.1, -0.05) is 64.4 Å². The molecule has 0 spiro atoms. The normalized spacial score (nSPS) is 11.8. The molecule has 0 aliphatic rings. The Morgan fingerprint density at radius 2 is 1.37 bits per heavy atom. The second kappa shape index (κ2) is 8.13. The minimum atomic E-state index is -0.599. The van der Waals surface area contributed by atoms with Crippen LogP contribution in [0.15, 0.2) is 48.5 Å². The summed E-state index contributed by atoms with van der Waals surface area (Å²) in [6, 6.07) is 14.7. The zero-order valence-corrected chi connectivity index (χ0v) is 17.3. The van der Waals surface area contributed by atoms with E-state index in [9.17, 15) is 9.59 Å². The number of carbonyl (C=O) groups is 2. The van der Waals surface area contributed by atoms with Crippen LogP contribution < -0.4 is 10.6 Å². The third-order valence-corrected chi connectivity index (χ3v) is 4.49. The Hall–Kier alpha value is -2.33. The van der Waals surface area contributed by atoms with Gasteiger partial charge in [0.1, 0.15) is 0 Å². The summed E-state index contributed by atoms with van der Waals surface area (Å²) in [6.07, 6.45) is 0.594. The first-order valence-corrected chi connectivity index (χ1v) is 9.33. The second-order valence-corrected chi connectivity index (χ2v) is 8.86. The molecule has 27 heavy (non-hydrogen) atoms. The first kappa shape index (κ1) is 21.0. The fourth-order valence-corrected chi connectivity index (χ4v) is 2.61. The van der Waals surface area contributed by atoms with Crippen molar-refractivity contribution in [2.45, 2.75) is 41.0 Å². The highest BCUT2D eigenvalue weighted by atomic mass is 35.5. The number of hydrogen-bond acceptors (Lipinski definition) is 2. The van der Waals surface area contributed by atoms with Gasteiger partial charge < -0.3 is 10.6 Å². The molecular weight excluding hydrogens is 360 g/mol. The van der Waals surface area contributed by atoms with Crippen molar-refractivity contribution in [1.29, 1.82) is 0 Å². The van der Waals surface area contributed by atoms with E-state index < -0.39 is 10.8 Å². The van der Waals surface area contributed by atoms with E-state index >= 15 is 0 Å². The molecule has 2 aromatic carbocycles. The van der Waals surface area contributed by atoms with Gasteiger partial charge in [-0.25, -0.2) is 0 Å². The number of anilines is 2. The lowest BCUT2D eigenvalue weighted by Gasteiger charge is -2.24. The average Bonchev–Trinajstić information content (AvgIpc) is 2.56. The van der Waals surface area contributed by atoms with Gasteiger partial charge in [0.05, 0.1) is 0 Å². The lowest BCUT2D eigenvalue weighted by molar-refractivity contribution is -0.124. The number of rotatable bonds is 5. The molecule has 0 saturated heterocycles. The quantitative estimate of drug-likeness (QED) is 0.709. The van der Waals surface area contributed by atoms with Crippen LogP contribution in [0.1, 0.15) is 40.2 Å². The van der Waals surface area contributed by atoms with Crippen molar-refractivity contribution >= 4 is 34.8 Å². The summed E-state index contributed by atoms with van der Waals surface area (Å²) in [7, 11) is 0. The third kappa shape index (κ3) is 6.10. The minimum absolute atomic E-state index is 0.0750. The van der Waals surface area contributed by atoms with Crippen LogP contribution in [0.4, 0.5) is 11.4 Å². The Labute approximate surface area is 166 Å². The molecule has 0 aliphatic heterocycles. The van der Waals surface area contributed by atoms with E-state index in [1.807, 2.05) is 65.0 Å². The van der Waals surface area contributed by atoms with E-state index in [2.05, 4.69) is 10.6 Å². The van der Waals surface area contributed by atoms with Gasteiger partial charge >= 0.3 is 0 Å². The number of benzene rings is 2. The molecule has 0 heterocycles. The predicted octanol–water partition coefficient (Wildman–Crippen LogP) is 5.53. The van der Waals surface area contributed by atoms with Gasteiger partial charge in [0.2, 0.25) is 11.8 Å². The van der Waals surface area contributed by atoms with E-state index in [-0.39, 0.29) is 11.8 Å². The molecule has 0 bridgehead atoms. The van der Waals surface area contributed by atoms with Crippen LogP contribution in [0.5, 0.6) is 0 Å². The average molecular weight is 387 g/mol. The summed E-state index contributed by atoms with van der Waals surface area (Å²) in [4.78, 5) is 24.9. The van der Waals surface area contributed by atoms with Gasteiger partial charge in [0.25, 0.3) is 0 Å². The molecule has 0 unspecified atom stereocenters. The largest absolute Gasteiger partial charge is 0.326 e. The molecule has 2 amide bonds. The second-order valence-electron chi connectivity index (χ2n) is 8.43. The summed E-state index contributed by atoms with van der Waals surface area (Å²) < 4.78 is 0. The molecule has 2 N–H and O–H groups in total. The molecule has 144 valence electrons. The molecule has 0 aromatic heterocycles. The number of amides is 2. The Balaban J connectivity index is 2.07. The van der Waals surface area contributed by atoms with Crippen LogP contribution in [0.2, 0.25) is 5.02 Å². The summed E-state index contributed by atoms with van der Waals surface area (Å²) in [6.45, 7) is 9.37. The standard InChI is InChI=1S/C22H27ClN2O2/c1-21(2,3)19(26)24-17-7-6-8-18(13-17)25-20(27)22(4,5)14-15-9-11-16(23)12-10-15/h6-13H,14H2,1-5H3,(H,24,26)(H,25,27). The molecule has 0 atom stereocenters. The van der Waals surface area contributed by atoms with Crippen molar-refractivity contribution in [2.75, 3.05) is 10.6 Å². The maximum absolute atomic E-state index is 12.8. The zero-order valence-electron chi connectivity index (χ0n) is 16.5. The maximum atomic E-state index is 12.8. The highest BCUT2D eigenvalue weighted by molar-refractivity contribution is 6.30. The molecule has 0 fully saturated rings. The van der Waals surface area contributed by atoms with Crippen LogP contribution in [0, 0.1) is 10.8 Å². The summed E-state index contributed by atoms with van der Waals surface area (Å²) in [5, 5.41) is 6.50. The van der Waals surface area contributed by atoms with Crippen LogP contribution in [-0.2, 0) is 16.0 Å². The highest BCUT2D eigenvalue weighted by Gasteiger charge is 2.28. The van der Waals surface area contributed by atoms with Crippen molar-refractivity contribution in [3.8, 4) is 0 Å². The fourth-order valence-electron chi connectivity index (χ4n) is 2.49. The van der Waals surface area contributed by atoms with Gasteiger partial charge in [-0.05, 0) is 42.3 Å². The first-order valence-electron chi connectivity index (χ1n) is 8.95. The lowest BCUT2D eigenvalue weighted by Crippen LogP contribution is -2.32. The van der Waals surface area contributed by atoms with Gasteiger partial charge in [0.15, 0.2) is 0 Å². The number of carbonyl (C=O) groups excluding carboxylic acids is 2. The Morgan fingerprint density at radius 3 is 1.89 bits per heavy atom. The summed E-state index contributed by atoms with van der Waals surface area (Å²) in [5.74, 6) is -0.161. The molecule has 2 aromatic rings. The molecule has 2 rings (SSSR count). The third-order valence-electron chi connectivity index (χ3n) is 4.23. The van der Waals surface area contributed by atoms with Crippen LogP contribution in [-0.4, -0.2) is 11.8 Å². The molecule has 0 aliphatic carbocycles. The van der Waals surface area contributed by atoms with Crippen molar-refractivity contribution in [3.63, 3.8) is 0 Å². The van der Waals surface area contributed by atoms with Gasteiger partial charge in [-0.3, -0.25) is 9.59 Å². The van der Waals surface area contributed by atoms with Crippen molar-refractivity contribution in [1.82, 2.24) is 0 Å². The van der Waals surface area contributed by atoms with E-state index in [1.54, 1.807) is 18.2 Å². The van der Waals surface area contributed by atoms with Crippen LogP contribution >= 0.6 is 11.6 Å². The van der Waals surface area contributed by atoms with E-state index in [1.165, 1.54) is 0 Å². The van der Waals surface area contributed by atoms with Crippen molar-refractivity contribution in [2.24, 2.45) is 10.8 Å². The molecule has 5 heteroatoms. The van der Waals surface area contributed by atoms with Gasteiger partial charge in [-0.15, -0.1) is 0 Å². The smallest absolute Gasteiger partial charge is 0.230 e. The molecule has 4 nitrogen and oxygen atoms in total. The van der Waals surface area contributed by atoms with Gasteiger partial charge in [-0.2, -0.15) is 0 Å².